The fraction of sp³-hybridized carbons (Fsp3) is 0.214. The van der Waals surface area contributed by atoms with Crippen LogP contribution in [0.5, 0.6) is 0 Å². The van der Waals surface area contributed by atoms with Crippen molar-refractivity contribution in [3.8, 4) is 0 Å². The molecule has 1 aliphatic heterocycles. The standard InChI is InChI=1S/C28H23N3O5/c1-16-20(30-15-29-16)13-19-26(34)24-18-9-5-6-10-21(18)31(14-17-7-3-2-4-8-17)25(24)28-27(19)35-22(32)11-12-23(33)36-28/h2-12,15,19,27-28H,13-14H2,1H3,(H,29,30)/b12-11-. The first kappa shape index (κ1) is 22.0. The molecule has 4 aromatic rings. The molecule has 3 atom stereocenters. The smallest absolute Gasteiger partial charge is 0.331 e. The highest BCUT2D eigenvalue weighted by atomic mass is 16.6. The second-order valence-electron chi connectivity index (χ2n) is 9.09. The number of aromatic nitrogens is 3. The van der Waals surface area contributed by atoms with E-state index in [1.807, 2.05) is 66.1 Å². The highest BCUT2D eigenvalue weighted by Crippen LogP contribution is 2.44. The zero-order valence-electron chi connectivity index (χ0n) is 19.5. The lowest BCUT2D eigenvalue weighted by Gasteiger charge is -2.37. The number of hydrogen-bond acceptors (Lipinski definition) is 6. The minimum atomic E-state index is -0.999. The Bertz CT molecular complexity index is 1530. The molecule has 0 saturated carbocycles. The van der Waals surface area contributed by atoms with Gasteiger partial charge in [-0.15, -0.1) is 0 Å². The number of nitrogens with zero attached hydrogens (tertiary/aromatic N) is 2. The largest absolute Gasteiger partial charge is 0.454 e. The van der Waals surface area contributed by atoms with Gasteiger partial charge in [0.05, 0.1) is 29.2 Å². The third kappa shape index (κ3) is 3.62. The van der Waals surface area contributed by atoms with Gasteiger partial charge in [-0.05, 0) is 18.6 Å². The van der Waals surface area contributed by atoms with Gasteiger partial charge >= 0.3 is 11.9 Å². The maximum atomic E-state index is 14.2. The zero-order chi connectivity index (χ0) is 24.8. The van der Waals surface area contributed by atoms with Crippen molar-refractivity contribution >= 4 is 28.6 Å². The SMILES string of the molecule is Cc1[nH]cnc1CC1C(=O)c2c(n(Cc3ccccc3)c3ccccc23)C2OC(=O)/C=C\C(=O)OC12. The number of hydrogen-bond donors (Lipinski definition) is 1. The maximum absolute atomic E-state index is 14.2. The summed E-state index contributed by atoms with van der Waals surface area (Å²) in [6, 6.07) is 17.5. The van der Waals surface area contributed by atoms with Crippen LogP contribution in [0.4, 0.5) is 0 Å². The quantitative estimate of drug-likeness (QED) is 0.444. The Balaban J connectivity index is 1.58. The van der Waals surface area contributed by atoms with Crippen molar-refractivity contribution in [1.82, 2.24) is 14.5 Å². The van der Waals surface area contributed by atoms with Crippen molar-refractivity contribution in [2.24, 2.45) is 5.92 Å². The second-order valence-corrected chi connectivity index (χ2v) is 9.09. The van der Waals surface area contributed by atoms with E-state index in [2.05, 4.69) is 9.97 Å². The number of esters is 2. The average Bonchev–Trinajstić information content (AvgIpc) is 3.43. The van der Waals surface area contributed by atoms with Crippen LogP contribution in [0.3, 0.4) is 0 Å². The number of benzene rings is 2. The lowest BCUT2D eigenvalue weighted by molar-refractivity contribution is -0.169. The minimum Gasteiger partial charge on any atom is -0.454 e. The molecule has 6 rings (SSSR count). The number of nitrogens with one attached hydrogen (secondary N) is 1. The molecule has 180 valence electrons. The van der Waals surface area contributed by atoms with Crippen LogP contribution in [-0.4, -0.2) is 38.4 Å². The van der Waals surface area contributed by atoms with Crippen LogP contribution in [0.25, 0.3) is 10.9 Å². The number of ether oxygens (including phenoxy) is 2. The Hall–Kier alpha value is -4.46. The summed E-state index contributed by atoms with van der Waals surface area (Å²) in [6.45, 7) is 2.33. The van der Waals surface area contributed by atoms with E-state index < -0.39 is 30.1 Å². The number of carbonyl (C=O) groups is 3. The Kier molecular flexibility index (Phi) is 5.29. The van der Waals surface area contributed by atoms with Gasteiger partial charge in [0.25, 0.3) is 0 Å². The normalized spacial score (nSPS) is 22.2. The van der Waals surface area contributed by atoms with Crippen molar-refractivity contribution in [3.63, 3.8) is 0 Å². The van der Waals surface area contributed by atoms with E-state index in [0.717, 1.165) is 34.3 Å². The van der Waals surface area contributed by atoms with E-state index in [-0.39, 0.29) is 12.2 Å². The zero-order valence-corrected chi connectivity index (χ0v) is 19.5. The predicted molar refractivity (Wildman–Crippen MR) is 130 cm³/mol. The van der Waals surface area contributed by atoms with Gasteiger partial charge in [0.2, 0.25) is 0 Å². The molecule has 8 heteroatoms. The van der Waals surface area contributed by atoms with Crippen molar-refractivity contribution in [2.45, 2.75) is 32.1 Å². The van der Waals surface area contributed by atoms with E-state index in [1.54, 1.807) is 6.33 Å². The third-order valence-electron chi connectivity index (χ3n) is 6.94. The fourth-order valence-corrected chi connectivity index (χ4v) is 5.27. The Labute approximate surface area is 206 Å². The molecule has 36 heavy (non-hydrogen) atoms. The van der Waals surface area contributed by atoms with E-state index in [9.17, 15) is 14.4 Å². The van der Waals surface area contributed by atoms with Gasteiger partial charge in [0.15, 0.2) is 18.0 Å². The van der Waals surface area contributed by atoms with Crippen molar-refractivity contribution < 1.29 is 23.9 Å². The number of H-pyrrole nitrogens is 1. The number of aryl methyl sites for hydroxylation is 1. The van der Waals surface area contributed by atoms with Crippen molar-refractivity contribution in [2.75, 3.05) is 0 Å². The molecule has 0 amide bonds. The Morgan fingerprint density at radius 1 is 0.944 bits per heavy atom. The first-order valence-electron chi connectivity index (χ1n) is 11.8. The lowest BCUT2D eigenvalue weighted by Crippen LogP contribution is -2.45. The molecule has 3 heterocycles. The predicted octanol–water partition coefficient (Wildman–Crippen LogP) is 3.84. The lowest BCUT2D eigenvalue weighted by atomic mass is 9.78. The molecule has 0 bridgehead atoms. The van der Waals surface area contributed by atoms with E-state index in [4.69, 9.17) is 9.47 Å². The van der Waals surface area contributed by atoms with Crippen molar-refractivity contribution in [3.05, 3.63) is 101 Å². The summed E-state index contributed by atoms with van der Waals surface area (Å²) < 4.78 is 13.7. The van der Waals surface area contributed by atoms with Gasteiger partial charge in [-0.1, -0.05) is 48.5 Å². The van der Waals surface area contributed by atoms with Gasteiger partial charge in [-0.3, -0.25) is 4.79 Å². The first-order valence-corrected chi connectivity index (χ1v) is 11.8. The molecule has 0 spiro atoms. The van der Waals surface area contributed by atoms with E-state index >= 15 is 0 Å². The number of fused-ring (bicyclic) bond motifs is 5. The highest BCUT2D eigenvalue weighted by molar-refractivity contribution is 6.12. The third-order valence-corrected chi connectivity index (χ3v) is 6.94. The molecule has 3 unspecified atom stereocenters. The Morgan fingerprint density at radius 3 is 2.42 bits per heavy atom. The van der Waals surface area contributed by atoms with Gasteiger partial charge in [0, 0.05) is 41.7 Å². The molecule has 2 aromatic heterocycles. The number of rotatable bonds is 4. The van der Waals surface area contributed by atoms with Crippen LogP contribution in [-0.2, 0) is 32.0 Å². The molecule has 0 fully saturated rings. The van der Waals surface area contributed by atoms with Crippen LogP contribution in [0.15, 0.2) is 73.1 Å². The molecule has 2 aliphatic rings. The number of imidazole rings is 1. The summed E-state index contributed by atoms with van der Waals surface area (Å²) in [6.07, 6.45) is 1.95. The molecular formula is C28H23N3O5. The van der Waals surface area contributed by atoms with E-state index in [1.165, 1.54) is 0 Å². The number of ketones is 1. The number of Topliss-reactive ketones (excluding diaryl/α,β-unsaturated/α-hetero) is 1. The number of aromatic amines is 1. The average molecular weight is 482 g/mol. The monoisotopic (exact) mass is 481 g/mol. The van der Waals surface area contributed by atoms with Gasteiger partial charge in [0.1, 0.15) is 0 Å². The van der Waals surface area contributed by atoms with Crippen LogP contribution in [0.1, 0.15) is 39.1 Å². The number of para-hydroxylation sites is 1. The van der Waals surface area contributed by atoms with E-state index in [0.29, 0.717) is 23.5 Å². The summed E-state index contributed by atoms with van der Waals surface area (Å²) in [7, 11) is 0. The summed E-state index contributed by atoms with van der Waals surface area (Å²) in [4.78, 5) is 46.8. The van der Waals surface area contributed by atoms with Crippen LogP contribution in [0, 0.1) is 12.8 Å². The Morgan fingerprint density at radius 2 is 1.67 bits per heavy atom. The fourth-order valence-electron chi connectivity index (χ4n) is 5.27. The van der Waals surface area contributed by atoms with Crippen molar-refractivity contribution in [1.29, 1.82) is 0 Å². The van der Waals surface area contributed by atoms with Gasteiger partial charge in [-0.25, -0.2) is 14.6 Å². The molecule has 0 radical (unpaired) electrons. The molecule has 2 aromatic carbocycles. The first-order chi connectivity index (χ1) is 17.5. The summed E-state index contributed by atoms with van der Waals surface area (Å²) >= 11 is 0. The molecular weight excluding hydrogens is 458 g/mol. The molecule has 8 nitrogen and oxygen atoms in total. The summed E-state index contributed by atoms with van der Waals surface area (Å²) in [5.74, 6) is -2.28. The topological polar surface area (TPSA) is 103 Å². The van der Waals surface area contributed by atoms with Crippen LogP contribution in [0.2, 0.25) is 0 Å². The van der Waals surface area contributed by atoms with Crippen LogP contribution < -0.4 is 0 Å². The second kappa shape index (κ2) is 8.64. The molecule has 0 saturated heterocycles. The van der Waals surface area contributed by atoms with Gasteiger partial charge in [-0.2, -0.15) is 0 Å². The minimum absolute atomic E-state index is 0.162. The highest BCUT2D eigenvalue weighted by Gasteiger charge is 2.50. The molecule has 1 aliphatic carbocycles. The van der Waals surface area contributed by atoms with Crippen LogP contribution >= 0.6 is 0 Å². The number of carbonyl (C=O) groups excluding carboxylic acids is 3. The summed E-state index contributed by atoms with van der Waals surface area (Å²) in [5, 5.41) is 0.774. The molecule has 1 N–H and O–H groups in total. The maximum Gasteiger partial charge on any atom is 0.331 e. The summed E-state index contributed by atoms with van der Waals surface area (Å²) in [5.41, 5.74) is 4.42. The van der Waals surface area contributed by atoms with Gasteiger partial charge < -0.3 is 19.0 Å².